The first kappa shape index (κ1) is 13.8. The van der Waals surface area contributed by atoms with E-state index in [1.54, 1.807) is 31.2 Å². The predicted molar refractivity (Wildman–Crippen MR) is 74.5 cm³/mol. The Bertz CT molecular complexity index is 669. The van der Waals surface area contributed by atoms with Gasteiger partial charge in [0.05, 0.1) is 10.3 Å². The van der Waals surface area contributed by atoms with Gasteiger partial charge >= 0.3 is 0 Å². The highest BCUT2D eigenvalue weighted by Gasteiger charge is 2.19. The predicted octanol–water partition coefficient (Wildman–Crippen LogP) is 2.39. The Morgan fingerprint density at radius 3 is 2.50 bits per heavy atom. The Morgan fingerprint density at radius 1 is 1.30 bits per heavy atom. The lowest BCUT2D eigenvalue weighted by Crippen LogP contribution is -2.33. The number of hydrogen-bond donors (Lipinski definition) is 1. The molecule has 0 fully saturated rings. The molecule has 0 heterocycles. The van der Waals surface area contributed by atoms with Crippen molar-refractivity contribution < 1.29 is 14.5 Å². The smallest absolute Gasteiger partial charge is 0.277 e. The molecule has 2 aromatic carbocycles. The monoisotopic (exact) mass is 274 g/mol. The highest BCUT2D eigenvalue weighted by atomic mass is 16.6. The molecule has 0 bridgehead atoms. The summed E-state index contributed by atoms with van der Waals surface area (Å²) in [4.78, 5) is 21.8. The maximum absolute atomic E-state index is 11.2. The summed E-state index contributed by atoms with van der Waals surface area (Å²) in [6, 6.07) is 9.68. The lowest BCUT2D eigenvalue weighted by molar-refractivity contribution is -0.383. The third-order valence-electron chi connectivity index (χ3n) is 3.02. The quantitative estimate of drug-likeness (QED) is 0.668. The molecule has 1 amide bonds. The van der Waals surface area contributed by atoms with Crippen molar-refractivity contribution in [2.75, 3.05) is 0 Å². The van der Waals surface area contributed by atoms with Crippen molar-refractivity contribution in [3.63, 3.8) is 0 Å². The summed E-state index contributed by atoms with van der Waals surface area (Å²) >= 11 is 0. The van der Waals surface area contributed by atoms with Crippen LogP contribution in [0, 0.1) is 10.1 Å². The fourth-order valence-corrected chi connectivity index (χ4v) is 2.01. The summed E-state index contributed by atoms with van der Waals surface area (Å²) in [6.07, 6.45) is -0.319. The number of nitro benzene ring substituents is 1. The van der Waals surface area contributed by atoms with Crippen LogP contribution in [-0.2, 0) is 4.79 Å². The van der Waals surface area contributed by atoms with E-state index in [4.69, 9.17) is 10.5 Å². The molecule has 2 N–H and O–H groups in total. The van der Waals surface area contributed by atoms with Crippen molar-refractivity contribution in [1.82, 2.24) is 0 Å². The van der Waals surface area contributed by atoms with Crippen LogP contribution in [0.3, 0.4) is 0 Å². The third-order valence-corrected chi connectivity index (χ3v) is 3.02. The average Bonchev–Trinajstić information content (AvgIpc) is 2.43. The van der Waals surface area contributed by atoms with E-state index < -0.39 is 16.9 Å². The van der Waals surface area contributed by atoms with Crippen molar-refractivity contribution in [3.05, 3.63) is 46.5 Å². The van der Waals surface area contributed by atoms with Crippen molar-refractivity contribution in [2.24, 2.45) is 5.73 Å². The van der Waals surface area contributed by atoms with Crippen LogP contribution in [0.15, 0.2) is 36.4 Å². The van der Waals surface area contributed by atoms with Gasteiger partial charge in [-0.1, -0.05) is 25.1 Å². The van der Waals surface area contributed by atoms with Crippen LogP contribution >= 0.6 is 0 Å². The summed E-state index contributed by atoms with van der Waals surface area (Å²) < 4.78 is 5.58. The van der Waals surface area contributed by atoms with E-state index >= 15 is 0 Å². The molecular weight excluding hydrogens is 260 g/mol. The Hall–Kier alpha value is -2.63. The van der Waals surface area contributed by atoms with Gasteiger partial charge in [0.15, 0.2) is 6.10 Å². The summed E-state index contributed by atoms with van der Waals surface area (Å²) in [5.74, 6) is -0.146. The number of carbonyl (C=O) groups is 1. The number of amides is 1. The van der Waals surface area contributed by atoms with Crippen LogP contribution in [0.25, 0.3) is 10.8 Å². The highest BCUT2D eigenvalue weighted by molar-refractivity contribution is 5.95. The van der Waals surface area contributed by atoms with Gasteiger partial charge in [0.25, 0.3) is 11.6 Å². The molecule has 104 valence electrons. The molecule has 0 saturated carbocycles. The van der Waals surface area contributed by atoms with Crippen LogP contribution in [0.2, 0.25) is 0 Å². The normalized spacial score (nSPS) is 12.1. The second-order valence-electron chi connectivity index (χ2n) is 4.30. The minimum Gasteiger partial charge on any atom is -0.480 e. The molecule has 6 heteroatoms. The summed E-state index contributed by atoms with van der Waals surface area (Å²) in [5, 5.41) is 12.1. The molecule has 1 unspecified atom stereocenters. The molecule has 2 aromatic rings. The molecule has 20 heavy (non-hydrogen) atoms. The number of rotatable bonds is 5. The maximum Gasteiger partial charge on any atom is 0.277 e. The molecular formula is C14H14N2O4. The first-order chi connectivity index (χ1) is 9.54. The Kier molecular flexibility index (Phi) is 3.84. The molecule has 6 nitrogen and oxygen atoms in total. The fourth-order valence-electron chi connectivity index (χ4n) is 2.01. The number of nitro groups is 1. The van der Waals surface area contributed by atoms with E-state index in [-0.39, 0.29) is 5.69 Å². The molecule has 0 radical (unpaired) electrons. The number of fused-ring (bicyclic) bond motifs is 1. The molecule has 2 rings (SSSR count). The lowest BCUT2D eigenvalue weighted by Gasteiger charge is -2.15. The molecule has 0 aliphatic carbocycles. The number of nitrogens with two attached hydrogens (primary N) is 1. The molecule has 0 aliphatic heterocycles. The zero-order valence-corrected chi connectivity index (χ0v) is 10.9. The van der Waals surface area contributed by atoms with Crippen molar-refractivity contribution >= 4 is 22.4 Å². The van der Waals surface area contributed by atoms with Gasteiger partial charge in [0.2, 0.25) is 0 Å². The number of carbonyl (C=O) groups excluding carboxylic acids is 1. The minimum atomic E-state index is -0.750. The number of hydrogen-bond acceptors (Lipinski definition) is 4. The van der Waals surface area contributed by atoms with E-state index in [0.717, 1.165) is 0 Å². The van der Waals surface area contributed by atoms with Gasteiger partial charge in [0.1, 0.15) is 5.75 Å². The van der Waals surface area contributed by atoms with Crippen molar-refractivity contribution in [3.8, 4) is 5.75 Å². The molecule has 1 atom stereocenters. The van der Waals surface area contributed by atoms with E-state index in [9.17, 15) is 14.9 Å². The standard InChI is InChI=1S/C14H14N2O4/c1-2-12(14(15)17)20-13-8-7-11(16(18)19)9-5-3-4-6-10(9)13/h3-8,12H,2H2,1H3,(H2,15,17). The van der Waals surface area contributed by atoms with Gasteiger partial charge < -0.3 is 10.5 Å². The second-order valence-corrected chi connectivity index (χ2v) is 4.30. The van der Waals surface area contributed by atoms with Gasteiger partial charge in [-0.2, -0.15) is 0 Å². The third kappa shape index (κ3) is 2.54. The number of ether oxygens (including phenoxy) is 1. The van der Waals surface area contributed by atoms with Crippen molar-refractivity contribution in [1.29, 1.82) is 0 Å². The Labute approximate surface area is 115 Å². The molecule has 0 aliphatic rings. The zero-order valence-electron chi connectivity index (χ0n) is 10.9. The van der Waals surface area contributed by atoms with Crippen LogP contribution < -0.4 is 10.5 Å². The number of primary amides is 1. The van der Waals surface area contributed by atoms with Gasteiger partial charge in [-0.25, -0.2) is 0 Å². The SMILES string of the molecule is CCC(Oc1ccc([N+](=O)[O-])c2ccccc12)C(N)=O. The summed E-state index contributed by atoms with van der Waals surface area (Å²) in [7, 11) is 0. The van der Waals surface area contributed by atoms with Crippen LogP contribution in [0.5, 0.6) is 5.75 Å². The van der Waals surface area contributed by atoms with Crippen molar-refractivity contribution in [2.45, 2.75) is 19.4 Å². The van der Waals surface area contributed by atoms with Crippen LogP contribution in [0.4, 0.5) is 5.69 Å². The largest absolute Gasteiger partial charge is 0.480 e. The number of non-ortho nitro benzene ring substituents is 1. The van der Waals surface area contributed by atoms with Gasteiger partial charge in [-0.15, -0.1) is 0 Å². The fraction of sp³-hybridized carbons (Fsp3) is 0.214. The molecule has 0 aromatic heterocycles. The first-order valence-electron chi connectivity index (χ1n) is 6.16. The van der Waals surface area contributed by atoms with E-state index in [0.29, 0.717) is 22.9 Å². The average molecular weight is 274 g/mol. The Balaban J connectivity index is 2.53. The van der Waals surface area contributed by atoms with Gasteiger partial charge in [0, 0.05) is 11.5 Å². The second kappa shape index (κ2) is 5.56. The zero-order chi connectivity index (χ0) is 14.7. The lowest BCUT2D eigenvalue weighted by atomic mass is 10.1. The summed E-state index contributed by atoms with van der Waals surface area (Å²) in [5.41, 5.74) is 5.25. The number of benzene rings is 2. The number of nitrogens with zero attached hydrogens (tertiary/aromatic N) is 1. The van der Waals surface area contributed by atoms with E-state index in [1.807, 2.05) is 0 Å². The maximum atomic E-state index is 11.2. The Morgan fingerprint density at radius 2 is 1.95 bits per heavy atom. The molecule has 0 spiro atoms. The van der Waals surface area contributed by atoms with Gasteiger partial charge in [-0.05, 0) is 18.6 Å². The molecule has 0 saturated heterocycles. The van der Waals surface area contributed by atoms with E-state index in [1.165, 1.54) is 12.1 Å². The summed E-state index contributed by atoms with van der Waals surface area (Å²) in [6.45, 7) is 1.78. The first-order valence-corrected chi connectivity index (χ1v) is 6.16. The highest BCUT2D eigenvalue weighted by Crippen LogP contribution is 2.33. The minimum absolute atomic E-state index is 0.0000680. The topological polar surface area (TPSA) is 95.5 Å². The van der Waals surface area contributed by atoms with E-state index in [2.05, 4.69) is 0 Å². The van der Waals surface area contributed by atoms with Gasteiger partial charge in [-0.3, -0.25) is 14.9 Å². The van der Waals surface area contributed by atoms with Crippen LogP contribution in [0.1, 0.15) is 13.3 Å². The van der Waals surface area contributed by atoms with Crippen LogP contribution in [-0.4, -0.2) is 16.9 Å².